The number of rotatable bonds is 2. The van der Waals surface area contributed by atoms with Crippen LogP contribution in [-0.4, -0.2) is 0 Å². The molecule has 0 amide bonds. The molecule has 0 bridgehead atoms. The van der Waals surface area contributed by atoms with Gasteiger partial charge in [-0.1, -0.05) is 37.1 Å². The summed E-state index contributed by atoms with van der Waals surface area (Å²) in [4.78, 5) is 0. The van der Waals surface area contributed by atoms with E-state index in [2.05, 4.69) is 39.0 Å². The summed E-state index contributed by atoms with van der Waals surface area (Å²) in [6.07, 6.45) is 4.87. The van der Waals surface area contributed by atoms with Gasteiger partial charge in [0.15, 0.2) is 0 Å². The van der Waals surface area contributed by atoms with Gasteiger partial charge >= 0.3 is 0 Å². The highest BCUT2D eigenvalue weighted by molar-refractivity contribution is 5.36. The maximum atomic E-state index is 6.60. The van der Waals surface area contributed by atoms with E-state index in [0.717, 1.165) is 18.8 Å². The second kappa shape index (κ2) is 4.21. The molecule has 1 aromatic carbocycles. The number of hydrogen-bond donors (Lipinski definition) is 1. The van der Waals surface area contributed by atoms with Crippen molar-refractivity contribution >= 4 is 0 Å². The van der Waals surface area contributed by atoms with Gasteiger partial charge in [-0.3, -0.25) is 0 Å². The molecule has 1 heteroatoms. The third-order valence-electron chi connectivity index (χ3n) is 4.15. The molecule has 1 aromatic rings. The van der Waals surface area contributed by atoms with E-state index < -0.39 is 0 Å². The van der Waals surface area contributed by atoms with Gasteiger partial charge in [-0.25, -0.2) is 0 Å². The first kappa shape index (κ1) is 11.7. The summed E-state index contributed by atoms with van der Waals surface area (Å²) in [5.41, 5.74) is 10.6. The summed E-state index contributed by atoms with van der Waals surface area (Å²) >= 11 is 0. The largest absolute Gasteiger partial charge is 0.321 e. The zero-order valence-electron chi connectivity index (χ0n) is 10.7. The second-order valence-corrected chi connectivity index (χ2v) is 5.49. The summed E-state index contributed by atoms with van der Waals surface area (Å²) in [7, 11) is 0. The zero-order chi connectivity index (χ0) is 11.8. The van der Waals surface area contributed by atoms with Crippen molar-refractivity contribution < 1.29 is 0 Å². The van der Waals surface area contributed by atoms with Crippen LogP contribution < -0.4 is 5.73 Å². The van der Waals surface area contributed by atoms with E-state index in [0.29, 0.717) is 0 Å². The Morgan fingerprint density at radius 3 is 2.69 bits per heavy atom. The third kappa shape index (κ3) is 2.01. The minimum atomic E-state index is -0.0571. The highest BCUT2D eigenvalue weighted by atomic mass is 14.8. The summed E-state index contributed by atoms with van der Waals surface area (Å²) in [6, 6.07) is 6.68. The highest BCUT2D eigenvalue weighted by Gasteiger charge is 2.36. The minimum Gasteiger partial charge on any atom is -0.321 e. The molecule has 88 valence electrons. The molecular weight excluding hydrogens is 194 g/mol. The van der Waals surface area contributed by atoms with Crippen molar-refractivity contribution in [3.05, 3.63) is 34.9 Å². The quantitative estimate of drug-likeness (QED) is 0.803. The molecule has 1 saturated carbocycles. The normalized spacial score (nSPS) is 29.6. The van der Waals surface area contributed by atoms with Crippen LogP contribution >= 0.6 is 0 Å². The first-order valence-electron chi connectivity index (χ1n) is 6.42. The Morgan fingerprint density at radius 2 is 2.12 bits per heavy atom. The average molecular weight is 217 g/mol. The molecule has 0 aromatic heterocycles. The molecule has 1 aliphatic rings. The van der Waals surface area contributed by atoms with Crippen molar-refractivity contribution in [2.24, 2.45) is 11.7 Å². The lowest BCUT2D eigenvalue weighted by Crippen LogP contribution is -2.34. The van der Waals surface area contributed by atoms with Gasteiger partial charge in [-0.2, -0.15) is 0 Å². The van der Waals surface area contributed by atoms with Gasteiger partial charge in [0, 0.05) is 5.54 Å². The topological polar surface area (TPSA) is 26.0 Å². The van der Waals surface area contributed by atoms with Crippen LogP contribution in [0.1, 0.15) is 49.3 Å². The van der Waals surface area contributed by atoms with E-state index in [1.807, 2.05) is 0 Å². The molecule has 0 aliphatic heterocycles. The van der Waals surface area contributed by atoms with Gasteiger partial charge in [0.2, 0.25) is 0 Å². The first-order valence-corrected chi connectivity index (χ1v) is 6.42. The molecule has 1 nitrogen and oxygen atoms in total. The van der Waals surface area contributed by atoms with Crippen molar-refractivity contribution in [1.29, 1.82) is 0 Å². The molecule has 1 aliphatic carbocycles. The van der Waals surface area contributed by atoms with E-state index in [1.54, 1.807) is 0 Å². The van der Waals surface area contributed by atoms with Crippen molar-refractivity contribution in [2.75, 3.05) is 0 Å². The average Bonchev–Trinajstić information content (AvgIpc) is 2.61. The molecule has 2 atom stereocenters. The lowest BCUT2D eigenvalue weighted by molar-refractivity contribution is 0.422. The van der Waals surface area contributed by atoms with E-state index in [-0.39, 0.29) is 5.54 Å². The van der Waals surface area contributed by atoms with Crippen LogP contribution in [0.15, 0.2) is 18.2 Å². The Kier molecular flexibility index (Phi) is 3.07. The first-order chi connectivity index (χ1) is 7.55. The van der Waals surface area contributed by atoms with Crippen molar-refractivity contribution in [2.45, 2.75) is 52.0 Å². The fourth-order valence-electron chi connectivity index (χ4n) is 3.15. The summed E-state index contributed by atoms with van der Waals surface area (Å²) in [5.74, 6) is 0.825. The predicted molar refractivity (Wildman–Crippen MR) is 69.4 cm³/mol. The molecule has 2 unspecified atom stereocenters. The molecule has 1 fully saturated rings. The molecule has 2 rings (SSSR count). The zero-order valence-corrected chi connectivity index (χ0v) is 10.7. The van der Waals surface area contributed by atoms with Crippen molar-refractivity contribution in [3.8, 4) is 0 Å². The van der Waals surface area contributed by atoms with Crippen LogP contribution in [0.25, 0.3) is 0 Å². The van der Waals surface area contributed by atoms with Crippen LogP contribution in [-0.2, 0) is 5.54 Å². The molecule has 0 saturated heterocycles. The number of nitrogens with two attached hydrogens (primary N) is 1. The molecule has 0 radical (unpaired) electrons. The Bertz CT molecular complexity index is 383. The lowest BCUT2D eigenvalue weighted by Gasteiger charge is -2.27. The van der Waals surface area contributed by atoms with Crippen LogP contribution in [0.4, 0.5) is 0 Å². The van der Waals surface area contributed by atoms with Gasteiger partial charge in [0.05, 0.1) is 0 Å². The highest BCUT2D eigenvalue weighted by Crippen LogP contribution is 2.42. The maximum absolute atomic E-state index is 6.60. The number of benzene rings is 1. The van der Waals surface area contributed by atoms with E-state index in [1.165, 1.54) is 29.5 Å². The summed E-state index contributed by atoms with van der Waals surface area (Å²) in [5, 5.41) is 0. The third-order valence-corrected chi connectivity index (χ3v) is 4.15. The lowest BCUT2D eigenvalue weighted by atomic mass is 9.84. The monoisotopic (exact) mass is 217 g/mol. The summed E-state index contributed by atoms with van der Waals surface area (Å²) < 4.78 is 0. The van der Waals surface area contributed by atoms with E-state index >= 15 is 0 Å². The maximum Gasteiger partial charge on any atom is 0.0415 e. The number of aryl methyl sites for hydroxylation is 2. The fraction of sp³-hybridized carbons (Fsp3) is 0.600. The van der Waals surface area contributed by atoms with Crippen LogP contribution in [0.3, 0.4) is 0 Å². The van der Waals surface area contributed by atoms with Crippen LogP contribution in [0.2, 0.25) is 0 Å². The molecule has 0 spiro atoms. The van der Waals surface area contributed by atoms with Gasteiger partial charge in [-0.15, -0.1) is 0 Å². The fourth-order valence-corrected chi connectivity index (χ4v) is 3.15. The van der Waals surface area contributed by atoms with Crippen LogP contribution in [0, 0.1) is 19.8 Å². The van der Waals surface area contributed by atoms with Gasteiger partial charge in [-0.05, 0) is 50.2 Å². The molecule has 16 heavy (non-hydrogen) atoms. The SMILES string of the molecule is CCC1CCC(N)(c2ccc(C)cc2C)C1. The van der Waals surface area contributed by atoms with Crippen LogP contribution in [0.5, 0.6) is 0 Å². The standard InChI is InChI=1S/C15H23N/c1-4-13-7-8-15(16,10-13)14-6-5-11(2)9-12(14)3/h5-6,9,13H,4,7-8,10,16H2,1-3H3. The molecule has 2 N–H and O–H groups in total. The van der Waals surface area contributed by atoms with Gasteiger partial charge in [0.25, 0.3) is 0 Å². The second-order valence-electron chi connectivity index (χ2n) is 5.49. The van der Waals surface area contributed by atoms with Crippen molar-refractivity contribution in [3.63, 3.8) is 0 Å². The Morgan fingerprint density at radius 1 is 1.38 bits per heavy atom. The van der Waals surface area contributed by atoms with Gasteiger partial charge < -0.3 is 5.73 Å². The predicted octanol–water partition coefficient (Wildman–Crippen LogP) is 3.67. The minimum absolute atomic E-state index is 0.0571. The number of hydrogen-bond acceptors (Lipinski definition) is 1. The smallest absolute Gasteiger partial charge is 0.0415 e. The Labute approximate surface area is 99.0 Å². The summed E-state index contributed by atoms with van der Waals surface area (Å²) in [6.45, 7) is 6.61. The van der Waals surface area contributed by atoms with Crippen molar-refractivity contribution in [1.82, 2.24) is 0 Å². The van der Waals surface area contributed by atoms with E-state index in [9.17, 15) is 0 Å². The van der Waals surface area contributed by atoms with E-state index in [4.69, 9.17) is 5.73 Å². The molecule has 0 heterocycles. The van der Waals surface area contributed by atoms with Gasteiger partial charge in [0.1, 0.15) is 0 Å². The Hall–Kier alpha value is -0.820. The molecular formula is C15H23N. The Balaban J connectivity index is 2.30.